The van der Waals surface area contributed by atoms with E-state index in [2.05, 4.69) is 32.0 Å². The molecule has 0 radical (unpaired) electrons. The second-order valence-electron chi connectivity index (χ2n) is 5.40. The van der Waals surface area contributed by atoms with Crippen LogP contribution in [0.2, 0.25) is 0 Å². The zero-order valence-corrected chi connectivity index (χ0v) is 11.4. The van der Waals surface area contributed by atoms with E-state index in [4.69, 9.17) is 5.73 Å². The molecule has 1 aromatic carbocycles. The summed E-state index contributed by atoms with van der Waals surface area (Å²) in [6, 6.07) is 6.39. The van der Waals surface area contributed by atoms with Gasteiger partial charge in [-0.2, -0.15) is 0 Å². The Hall–Kier alpha value is -1.35. The zero-order valence-electron chi connectivity index (χ0n) is 11.4. The third-order valence-corrected chi connectivity index (χ3v) is 3.58. The van der Waals surface area contributed by atoms with Crippen LogP contribution in [0.4, 0.5) is 0 Å². The maximum absolute atomic E-state index is 12.1. The summed E-state index contributed by atoms with van der Waals surface area (Å²) in [5.74, 6) is 0.0655. The Bertz CT molecular complexity index is 450. The lowest BCUT2D eigenvalue weighted by Crippen LogP contribution is -2.42. The minimum absolute atomic E-state index is 0.0655. The monoisotopic (exact) mass is 246 g/mol. The average Bonchev–Trinajstić information content (AvgIpc) is 3.13. The Balaban J connectivity index is 2.13. The van der Waals surface area contributed by atoms with Gasteiger partial charge >= 0.3 is 0 Å². The van der Waals surface area contributed by atoms with Crippen LogP contribution >= 0.6 is 0 Å². The molecule has 1 aliphatic rings. The number of hydrogen-bond donors (Lipinski definition) is 1. The van der Waals surface area contributed by atoms with E-state index in [0.717, 1.165) is 12.8 Å². The van der Waals surface area contributed by atoms with Crippen molar-refractivity contribution in [1.82, 2.24) is 4.90 Å². The lowest BCUT2D eigenvalue weighted by Gasteiger charge is -2.24. The summed E-state index contributed by atoms with van der Waals surface area (Å²) in [5, 5.41) is 0. The average molecular weight is 246 g/mol. The lowest BCUT2D eigenvalue weighted by molar-refractivity contribution is -0.133. The maximum atomic E-state index is 12.1. The number of aryl methyl sites for hydroxylation is 2. The molecule has 1 aliphatic carbocycles. The molecular weight excluding hydrogens is 224 g/mol. The second-order valence-corrected chi connectivity index (χ2v) is 5.40. The molecule has 0 unspecified atom stereocenters. The summed E-state index contributed by atoms with van der Waals surface area (Å²) in [4.78, 5) is 14.0. The highest BCUT2D eigenvalue weighted by atomic mass is 16.2. The van der Waals surface area contributed by atoms with Crippen molar-refractivity contribution in [1.29, 1.82) is 0 Å². The fraction of sp³-hybridized carbons (Fsp3) is 0.533. The van der Waals surface area contributed by atoms with Gasteiger partial charge in [-0.3, -0.25) is 4.79 Å². The van der Waals surface area contributed by atoms with Gasteiger partial charge in [-0.1, -0.05) is 18.2 Å². The molecule has 1 amide bonds. The van der Waals surface area contributed by atoms with Crippen molar-refractivity contribution >= 4 is 5.91 Å². The molecular formula is C15H22N2O. The predicted octanol–water partition coefficient (Wildman–Crippen LogP) is 2.14. The van der Waals surface area contributed by atoms with Crippen molar-refractivity contribution in [2.24, 2.45) is 5.73 Å². The smallest absolute Gasteiger partial charge is 0.239 e. The van der Waals surface area contributed by atoms with Gasteiger partial charge in [0.1, 0.15) is 0 Å². The number of amides is 1. The minimum Gasteiger partial charge on any atom is -0.334 e. The number of rotatable bonds is 4. The van der Waals surface area contributed by atoms with Crippen LogP contribution in [0.25, 0.3) is 0 Å². The van der Waals surface area contributed by atoms with Crippen LogP contribution in [0.15, 0.2) is 18.2 Å². The maximum Gasteiger partial charge on any atom is 0.239 e. The molecule has 0 spiro atoms. The van der Waals surface area contributed by atoms with Crippen molar-refractivity contribution in [2.75, 3.05) is 0 Å². The van der Waals surface area contributed by atoms with Crippen molar-refractivity contribution < 1.29 is 4.79 Å². The Morgan fingerprint density at radius 2 is 2.06 bits per heavy atom. The van der Waals surface area contributed by atoms with E-state index in [1.165, 1.54) is 16.7 Å². The molecule has 98 valence electrons. The summed E-state index contributed by atoms with van der Waals surface area (Å²) in [6.45, 7) is 6.66. The normalized spacial score (nSPS) is 16.4. The molecule has 1 aromatic rings. The zero-order chi connectivity index (χ0) is 13.3. The molecule has 1 fully saturated rings. The van der Waals surface area contributed by atoms with Gasteiger partial charge in [0.2, 0.25) is 5.91 Å². The first-order chi connectivity index (χ1) is 8.49. The van der Waals surface area contributed by atoms with Gasteiger partial charge in [0, 0.05) is 12.6 Å². The fourth-order valence-corrected chi connectivity index (χ4v) is 2.13. The van der Waals surface area contributed by atoms with Gasteiger partial charge in [-0.15, -0.1) is 0 Å². The van der Waals surface area contributed by atoms with E-state index in [-0.39, 0.29) is 5.91 Å². The highest BCUT2D eigenvalue weighted by Crippen LogP contribution is 2.29. The van der Waals surface area contributed by atoms with Crippen molar-refractivity contribution in [3.05, 3.63) is 34.9 Å². The van der Waals surface area contributed by atoms with Gasteiger partial charge in [-0.25, -0.2) is 0 Å². The number of nitrogens with zero attached hydrogens (tertiary/aromatic N) is 1. The fourth-order valence-electron chi connectivity index (χ4n) is 2.13. The molecule has 0 bridgehead atoms. The van der Waals surface area contributed by atoms with E-state index in [9.17, 15) is 4.79 Å². The molecule has 0 saturated heterocycles. The van der Waals surface area contributed by atoms with Gasteiger partial charge < -0.3 is 10.6 Å². The van der Waals surface area contributed by atoms with E-state index < -0.39 is 6.04 Å². The molecule has 0 aliphatic heterocycles. The molecule has 2 rings (SSSR count). The summed E-state index contributed by atoms with van der Waals surface area (Å²) < 4.78 is 0. The Morgan fingerprint density at radius 3 is 2.56 bits per heavy atom. The molecule has 2 N–H and O–H groups in total. The Morgan fingerprint density at radius 1 is 1.39 bits per heavy atom. The summed E-state index contributed by atoms with van der Waals surface area (Å²) in [6.07, 6.45) is 2.23. The van der Waals surface area contributed by atoms with Crippen LogP contribution in [0.5, 0.6) is 0 Å². The number of carbonyl (C=O) groups is 1. The van der Waals surface area contributed by atoms with Crippen LogP contribution in [-0.4, -0.2) is 22.9 Å². The first-order valence-electron chi connectivity index (χ1n) is 6.61. The first kappa shape index (κ1) is 13.1. The molecule has 18 heavy (non-hydrogen) atoms. The van der Waals surface area contributed by atoms with E-state index in [1.54, 1.807) is 6.92 Å². The van der Waals surface area contributed by atoms with Gasteiger partial charge in [0.15, 0.2) is 0 Å². The van der Waals surface area contributed by atoms with Crippen molar-refractivity contribution in [3.8, 4) is 0 Å². The van der Waals surface area contributed by atoms with E-state index >= 15 is 0 Å². The number of benzene rings is 1. The Labute approximate surface area is 109 Å². The highest BCUT2D eigenvalue weighted by Gasteiger charge is 2.33. The summed E-state index contributed by atoms with van der Waals surface area (Å²) in [7, 11) is 0. The SMILES string of the molecule is Cc1ccc(CN(C(=O)[C@H](C)N)C2CC2)cc1C. The summed E-state index contributed by atoms with van der Waals surface area (Å²) >= 11 is 0. The summed E-state index contributed by atoms with van der Waals surface area (Å²) in [5.41, 5.74) is 9.47. The van der Waals surface area contributed by atoms with Crippen molar-refractivity contribution in [3.63, 3.8) is 0 Å². The van der Waals surface area contributed by atoms with Gasteiger partial charge in [0.25, 0.3) is 0 Å². The molecule has 3 nitrogen and oxygen atoms in total. The predicted molar refractivity (Wildman–Crippen MR) is 73.1 cm³/mol. The number of carbonyl (C=O) groups excluding carboxylic acids is 1. The number of hydrogen-bond acceptors (Lipinski definition) is 2. The van der Waals surface area contributed by atoms with Crippen LogP contribution in [0.1, 0.15) is 36.5 Å². The lowest BCUT2D eigenvalue weighted by atomic mass is 10.1. The molecule has 0 heterocycles. The first-order valence-corrected chi connectivity index (χ1v) is 6.61. The van der Waals surface area contributed by atoms with Crippen molar-refractivity contribution in [2.45, 2.75) is 52.2 Å². The third-order valence-electron chi connectivity index (χ3n) is 3.58. The standard InChI is InChI=1S/C15H22N2O/c1-10-4-5-13(8-11(10)2)9-17(14-6-7-14)15(18)12(3)16/h4-5,8,12,14H,6-7,9,16H2,1-3H3/t12-/m0/s1. The minimum atomic E-state index is -0.405. The third kappa shape index (κ3) is 2.91. The van der Waals surface area contributed by atoms with Crippen LogP contribution < -0.4 is 5.73 Å². The molecule has 1 saturated carbocycles. The van der Waals surface area contributed by atoms with Crippen LogP contribution in [0, 0.1) is 13.8 Å². The van der Waals surface area contributed by atoms with Gasteiger partial charge in [0.05, 0.1) is 6.04 Å². The highest BCUT2D eigenvalue weighted by molar-refractivity contribution is 5.81. The van der Waals surface area contributed by atoms with E-state index in [1.807, 2.05) is 4.90 Å². The molecule has 3 heteroatoms. The van der Waals surface area contributed by atoms with E-state index in [0.29, 0.717) is 12.6 Å². The van der Waals surface area contributed by atoms with Crippen LogP contribution in [-0.2, 0) is 11.3 Å². The topological polar surface area (TPSA) is 46.3 Å². The molecule has 0 aromatic heterocycles. The second kappa shape index (κ2) is 5.11. The largest absolute Gasteiger partial charge is 0.334 e. The molecule has 1 atom stereocenters. The number of nitrogens with two attached hydrogens (primary N) is 1. The quantitative estimate of drug-likeness (QED) is 0.884. The van der Waals surface area contributed by atoms with Crippen LogP contribution in [0.3, 0.4) is 0 Å². The van der Waals surface area contributed by atoms with Gasteiger partial charge in [-0.05, 0) is 50.3 Å². The Kier molecular flexibility index (Phi) is 3.71.